The summed E-state index contributed by atoms with van der Waals surface area (Å²) in [5.41, 5.74) is 0. The van der Waals surface area contributed by atoms with Gasteiger partial charge in [-0.25, -0.2) is 13.1 Å². The van der Waals surface area contributed by atoms with Crippen LogP contribution in [-0.4, -0.2) is 43.5 Å². The zero-order valence-corrected chi connectivity index (χ0v) is 11.4. The molecule has 0 aliphatic carbocycles. The molecule has 3 N–H and O–H groups in total. The summed E-state index contributed by atoms with van der Waals surface area (Å²) in [6.07, 6.45) is 2.41. The van der Waals surface area contributed by atoms with E-state index in [0.717, 1.165) is 0 Å². The number of hydrogen-bond acceptors (Lipinski definition) is 5. The molecule has 9 heteroatoms. The predicted octanol–water partition coefficient (Wildman–Crippen LogP) is -0.659. The Morgan fingerprint density at radius 3 is 2.60 bits per heavy atom. The molecule has 20 heavy (non-hydrogen) atoms. The Balaban J connectivity index is 2.33. The second kappa shape index (κ2) is 7.56. The number of hydrogen-bond donors (Lipinski definition) is 3. The Bertz CT molecular complexity index is 559. The highest BCUT2D eigenvalue weighted by Crippen LogP contribution is 2.04. The quantitative estimate of drug-likeness (QED) is 0.585. The molecule has 0 aromatic carbocycles. The SMILES string of the molecule is O=C(O)CCNC(=O)CCNS(=O)(=O)c1cccnc1. The standard InChI is InChI=1S/C11H15N3O5S/c15-10(13-6-4-11(16)17)3-7-14-20(18,19)9-2-1-5-12-8-9/h1-2,5,8,14H,3-4,6-7H2,(H,13,15)(H,16,17). The number of nitrogens with zero attached hydrogens (tertiary/aromatic N) is 1. The van der Waals surface area contributed by atoms with Crippen molar-refractivity contribution < 1.29 is 23.1 Å². The van der Waals surface area contributed by atoms with Crippen LogP contribution in [0.3, 0.4) is 0 Å². The molecule has 0 aliphatic rings. The van der Waals surface area contributed by atoms with Gasteiger partial charge >= 0.3 is 5.97 Å². The molecule has 0 saturated carbocycles. The molecule has 1 amide bonds. The van der Waals surface area contributed by atoms with E-state index < -0.39 is 21.9 Å². The second-order valence-corrected chi connectivity index (χ2v) is 5.60. The molecule has 0 spiro atoms. The van der Waals surface area contributed by atoms with Crippen molar-refractivity contribution in [3.05, 3.63) is 24.5 Å². The van der Waals surface area contributed by atoms with Gasteiger partial charge in [0.1, 0.15) is 4.90 Å². The van der Waals surface area contributed by atoms with Gasteiger partial charge in [0.2, 0.25) is 15.9 Å². The third-order valence-corrected chi connectivity index (χ3v) is 3.70. The van der Waals surface area contributed by atoms with Crippen LogP contribution in [0.2, 0.25) is 0 Å². The van der Waals surface area contributed by atoms with Crippen LogP contribution in [0.4, 0.5) is 0 Å². The molecular weight excluding hydrogens is 286 g/mol. The van der Waals surface area contributed by atoms with Gasteiger partial charge in [0.05, 0.1) is 6.42 Å². The van der Waals surface area contributed by atoms with Crippen molar-refractivity contribution in [2.24, 2.45) is 0 Å². The summed E-state index contributed by atoms with van der Waals surface area (Å²) in [4.78, 5) is 25.2. The van der Waals surface area contributed by atoms with Gasteiger partial charge in [-0.15, -0.1) is 0 Å². The van der Waals surface area contributed by atoms with Gasteiger partial charge in [0.15, 0.2) is 0 Å². The van der Waals surface area contributed by atoms with Crippen molar-refractivity contribution >= 4 is 21.9 Å². The van der Waals surface area contributed by atoms with Gasteiger partial charge in [-0.3, -0.25) is 14.6 Å². The zero-order valence-electron chi connectivity index (χ0n) is 10.6. The number of carbonyl (C=O) groups is 2. The molecule has 0 aliphatic heterocycles. The van der Waals surface area contributed by atoms with E-state index in [1.807, 2.05) is 0 Å². The Morgan fingerprint density at radius 2 is 2.00 bits per heavy atom. The van der Waals surface area contributed by atoms with Crippen LogP contribution in [0.25, 0.3) is 0 Å². The van der Waals surface area contributed by atoms with Crippen LogP contribution in [-0.2, 0) is 19.6 Å². The summed E-state index contributed by atoms with van der Waals surface area (Å²) in [7, 11) is -3.68. The highest BCUT2D eigenvalue weighted by molar-refractivity contribution is 7.89. The number of nitrogens with one attached hydrogen (secondary N) is 2. The van der Waals surface area contributed by atoms with Gasteiger partial charge in [0.25, 0.3) is 0 Å². The minimum Gasteiger partial charge on any atom is -0.481 e. The molecule has 1 aromatic heterocycles. The molecule has 1 rings (SSSR count). The highest BCUT2D eigenvalue weighted by Gasteiger charge is 2.13. The first kappa shape index (κ1) is 16.1. The molecule has 0 unspecified atom stereocenters. The van der Waals surface area contributed by atoms with E-state index in [-0.39, 0.29) is 30.8 Å². The Labute approximate surface area is 116 Å². The fourth-order valence-corrected chi connectivity index (χ4v) is 2.28. The first-order chi connectivity index (χ1) is 9.42. The summed E-state index contributed by atoms with van der Waals surface area (Å²) < 4.78 is 25.8. The fourth-order valence-electron chi connectivity index (χ4n) is 1.29. The molecule has 0 radical (unpaired) electrons. The summed E-state index contributed by atoms with van der Waals surface area (Å²) in [5.74, 6) is -1.43. The van der Waals surface area contributed by atoms with E-state index in [2.05, 4.69) is 15.0 Å². The molecule has 0 fully saturated rings. The van der Waals surface area contributed by atoms with Crippen molar-refractivity contribution in [3.8, 4) is 0 Å². The van der Waals surface area contributed by atoms with E-state index in [0.29, 0.717) is 0 Å². The van der Waals surface area contributed by atoms with Crippen molar-refractivity contribution in [2.75, 3.05) is 13.1 Å². The monoisotopic (exact) mass is 301 g/mol. The van der Waals surface area contributed by atoms with Gasteiger partial charge in [-0.2, -0.15) is 0 Å². The van der Waals surface area contributed by atoms with E-state index >= 15 is 0 Å². The average molecular weight is 301 g/mol. The van der Waals surface area contributed by atoms with Gasteiger partial charge in [-0.1, -0.05) is 0 Å². The van der Waals surface area contributed by atoms with E-state index in [4.69, 9.17) is 5.11 Å². The predicted molar refractivity (Wildman–Crippen MR) is 69.3 cm³/mol. The lowest BCUT2D eigenvalue weighted by Crippen LogP contribution is -2.31. The lowest BCUT2D eigenvalue weighted by molar-refractivity contribution is -0.136. The van der Waals surface area contributed by atoms with E-state index in [1.165, 1.54) is 24.5 Å². The van der Waals surface area contributed by atoms with Crippen LogP contribution in [0.5, 0.6) is 0 Å². The maximum absolute atomic E-state index is 11.8. The average Bonchev–Trinajstić information content (AvgIpc) is 2.39. The minimum atomic E-state index is -3.68. The molecular formula is C11H15N3O5S. The lowest BCUT2D eigenvalue weighted by Gasteiger charge is -2.06. The Hall–Kier alpha value is -2.00. The summed E-state index contributed by atoms with van der Waals surface area (Å²) in [5, 5.41) is 10.8. The summed E-state index contributed by atoms with van der Waals surface area (Å²) in [6, 6.07) is 2.88. The molecule has 110 valence electrons. The lowest BCUT2D eigenvalue weighted by atomic mass is 10.4. The van der Waals surface area contributed by atoms with Gasteiger partial charge in [-0.05, 0) is 12.1 Å². The van der Waals surface area contributed by atoms with Crippen LogP contribution in [0, 0.1) is 0 Å². The van der Waals surface area contributed by atoms with E-state index in [9.17, 15) is 18.0 Å². The number of rotatable bonds is 8. The number of sulfonamides is 1. The normalized spacial score (nSPS) is 11.0. The number of amides is 1. The zero-order chi connectivity index (χ0) is 15.0. The third kappa shape index (κ3) is 5.76. The van der Waals surface area contributed by atoms with Gasteiger partial charge < -0.3 is 10.4 Å². The van der Waals surface area contributed by atoms with Gasteiger partial charge in [0, 0.05) is 31.9 Å². The first-order valence-corrected chi connectivity index (χ1v) is 7.28. The number of aliphatic carboxylic acids is 1. The molecule has 0 atom stereocenters. The van der Waals surface area contributed by atoms with Crippen molar-refractivity contribution in [1.29, 1.82) is 0 Å². The highest BCUT2D eigenvalue weighted by atomic mass is 32.2. The maximum atomic E-state index is 11.8. The third-order valence-electron chi connectivity index (χ3n) is 2.25. The smallest absolute Gasteiger partial charge is 0.305 e. The Kier molecular flexibility index (Phi) is 6.07. The molecule has 0 bridgehead atoms. The van der Waals surface area contributed by atoms with Crippen LogP contribution < -0.4 is 10.0 Å². The first-order valence-electron chi connectivity index (χ1n) is 5.80. The number of carboxylic acids is 1. The molecule has 1 aromatic rings. The molecule has 0 saturated heterocycles. The number of aromatic nitrogens is 1. The largest absolute Gasteiger partial charge is 0.481 e. The van der Waals surface area contributed by atoms with Crippen LogP contribution in [0.1, 0.15) is 12.8 Å². The number of pyridine rings is 1. The topological polar surface area (TPSA) is 125 Å². The molecule has 1 heterocycles. The van der Waals surface area contributed by atoms with Crippen LogP contribution in [0.15, 0.2) is 29.4 Å². The minimum absolute atomic E-state index is 0.0174. The van der Waals surface area contributed by atoms with E-state index in [1.54, 1.807) is 0 Å². The fraction of sp³-hybridized carbons (Fsp3) is 0.364. The van der Waals surface area contributed by atoms with Crippen molar-refractivity contribution in [3.63, 3.8) is 0 Å². The van der Waals surface area contributed by atoms with Crippen molar-refractivity contribution in [2.45, 2.75) is 17.7 Å². The summed E-state index contributed by atoms with van der Waals surface area (Å²) >= 11 is 0. The van der Waals surface area contributed by atoms with Crippen LogP contribution >= 0.6 is 0 Å². The number of carboxylic acid groups (broad SMARTS) is 1. The van der Waals surface area contributed by atoms with Crippen molar-refractivity contribution in [1.82, 2.24) is 15.0 Å². The second-order valence-electron chi connectivity index (χ2n) is 3.83. The Morgan fingerprint density at radius 1 is 1.25 bits per heavy atom. The number of carbonyl (C=O) groups excluding carboxylic acids is 1. The maximum Gasteiger partial charge on any atom is 0.305 e. The molecule has 8 nitrogen and oxygen atoms in total. The summed E-state index contributed by atoms with van der Waals surface area (Å²) in [6.45, 7) is -0.0559.